The molecule has 0 saturated carbocycles. The maximum absolute atomic E-state index is 14.0. The number of benzene rings is 1. The zero-order valence-electron chi connectivity index (χ0n) is 21.9. The lowest BCUT2D eigenvalue weighted by Gasteiger charge is -2.42. The average molecular weight is 487 g/mol. The second kappa shape index (κ2) is 10.7. The fraction of sp³-hybridized carbons (Fsp3) is 0.615. The lowest BCUT2D eigenvalue weighted by molar-refractivity contribution is -0.148. The maximum atomic E-state index is 14.0. The van der Waals surface area contributed by atoms with E-state index in [4.69, 9.17) is 9.47 Å². The van der Waals surface area contributed by atoms with Crippen molar-refractivity contribution in [1.82, 2.24) is 19.4 Å². The van der Waals surface area contributed by atoms with E-state index in [0.29, 0.717) is 25.3 Å². The molecule has 0 aliphatic carbocycles. The Morgan fingerprint density at radius 3 is 2.46 bits per heavy atom. The van der Waals surface area contributed by atoms with Crippen LogP contribution in [0.1, 0.15) is 58.6 Å². The number of nitrogens with zero attached hydrogens (tertiary/aromatic N) is 4. The van der Waals surface area contributed by atoms with Gasteiger partial charge in [-0.15, -0.1) is 0 Å². The zero-order valence-corrected chi connectivity index (χ0v) is 21.9. The second-order valence-electron chi connectivity index (χ2n) is 10.5. The Morgan fingerprint density at radius 1 is 1.17 bits per heavy atom. The Bertz CT molecular complexity index is 1070. The van der Waals surface area contributed by atoms with E-state index in [1.54, 1.807) is 25.7 Å². The van der Waals surface area contributed by atoms with E-state index in [-0.39, 0.29) is 31.0 Å². The van der Waals surface area contributed by atoms with Crippen molar-refractivity contribution in [3.63, 3.8) is 0 Å². The molecule has 0 radical (unpaired) electrons. The van der Waals surface area contributed by atoms with Gasteiger partial charge in [0.15, 0.2) is 5.82 Å². The van der Waals surface area contributed by atoms with Gasteiger partial charge in [0.2, 0.25) is 0 Å². The molecule has 9 nitrogen and oxygen atoms in total. The van der Waals surface area contributed by atoms with Gasteiger partial charge in [-0.1, -0.05) is 26.0 Å². The summed E-state index contributed by atoms with van der Waals surface area (Å²) >= 11 is 0. The molecule has 0 spiro atoms. The van der Waals surface area contributed by atoms with E-state index in [1.165, 1.54) is 12.0 Å². The van der Waals surface area contributed by atoms with Gasteiger partial charge in [-0.2, -0.15) is 0 Å². The number of methoxy groups -OCH3 is 1. The van der Waals surface area contributed by atoms with Crippen LogP contribution in [0.4, 0.5) is 4.79 Å². The molecule has 2 aromatic rings. The summed E-state index contributed by atoms with van der Waals surface area (Å²) in [5.41, 5.74) is 0.979. The number of aryl methyl sites for hydroxylation is 1. The molecule has 1 aliphatic rings. The number of fused-ring (bicyclic) bond motifs is 1. The topological polar surface area (TPSA) is 94.0 Å². The smallest absolute Gasteiger partial charge is 0.410 e. The van der Waals surface area contributed by atoms with Crippen LogP contribution in [-0.4, -0.2) is 75.7 Å². The highest BCUT2D eigenvalue weighted by Crippen LogP contribution is 2.27. The van der Waals surface area contributed by atoms with Gasteiger partial charge in [0.1, 0.15) is 5.60 Å². The molecule has 1 aromatic heterocycles. The largest absolute Gasteiger partial charge is 0.469 e. The number of hydrogen-bond donors (Lipinski definition) is 0. The average Bonchev–Trinajstić information content (AvgIpc) is 3.18. The standard InChI is InChI=1S/C26H38N4O5/c1-8-29-21-12-10-9-11-20(21)27-22(29)23(31)30(14-17(2)3)19-13-18(24(32)34-7)15-28(16-19)25(33)35-26(4,5)6/h9-12,17-19H,8,13-16H2,1-7H3/t18-,19+/m1/s1. The SMILES string of the molecule is CCn1c(C(=O)N(CC(C)C)[C@H]2C[C@@H](C(=O)OC)CN(C(=O)OC(C)(C)C)C2)nc2ccccc21. The summed E-state index contributed by atoms with van der Waals surface area (Å²) in [6.07, 6.45) is -0.106. The molecule has 2 heterocycles. The van der Waals surface area contributed by atoms with Crippen LogP contribution < -0.4 is 0 Å². The minimum Gasteiger partial charge on any atom is -0.469 e. The van der Waals surface area contributed by atoms with Crippen LogP contribution in [0, 0.1) is 11.8 Å². The van der Waals surface area contributed by atoms with Gasteiger partial charge in [-0.3, -0.25) is 9.59 Å². The van der Waals surface area contributed by atoms with Crippen LogP contribution in [0.3, 0.4) is 0 Å². The van der Waals surface area contributed by atoms with E-state index >= 15 is 0 Å². The summed E-state index contributed by atoms with van der Waals surface area (Å²) < 4.78 is 12.5. The van der Waals surface area contributed by atoms with Crippen molar-refractivity contribution < 1.29 is 23.9 Å². The molecule has 1 aromatic carbocycles. The number of aromatic nitrogens is 2. The summed E-state index contributed by atoms with van der Waals surface area (Å²) in [6, 6.07) is 7.28. The highest BCUT2D eigenvalue weighted by molar-refractivity contribution is 5.95. The third-order valence-electron chi connectivity index (χ3n) is 6.04. The number of hydrogen-bond acceptors (Lipinski definition) is 6. The molecule has 35 heavy (non-hydrogen) atoms. The normalized spacial score (nSPS) is 18.6. The molecule has 0 bridgehead atoms. The number of piperidine rings is 1. The van der Waals surface area contributed by atoms with Crippen LogP contribution in [-0.2, 0) is 20.8 Å². The summed E-state index contributed by atoms with van der Waals surface area (Å²) in [4.78, 5) is 47.4. The lowest BCUT2D eigenvalue weighted by atomic mass is 9.92. The zero-order chi connectivity index (χ0) is 25.9. The molecular formula is C26H38N4O5. The van der Waals surface area contributed by atoms with E-state index in [9.17, 15) is 14.4 Å². The predicted octanol–water partition coefficient (Wildman–Crippen LogP) is 3.95. The van der Waals surface area contributed by atoms with Gasteiger partial charge in [-0.25, -0.2) is 9.78 Å². The van der Waals surface area contributed by atoms with Crippen LogP contribution in [0.15, 0.2) is 24.3 Å². The Hall–Kier alpha value is -3.10. The van der Waals surface area contributed by atoms with Crippen LogP contribution in [0.5, 0.6) is 0 Å². The number of rotatable bonds is 6. The van der Waals surface area contributed by atoms with Crippen molar-refractivity contribution in [1.29, 1.82) is 0 Å². The minimum absolute atomic E-state index is 0.173. The molecule has 0 unspecified atom stereocenters. The number of carbonyl (C=O) groups excluding carboxylic acids is 3. The van der Waals surface area contributed by atoms with Crippen molar-refractivity contribution in [2.24, 2.45) is 11.8 Å². The van der Waals surface area contributed by atoms with E-state index in [2.05, 4.69) is 4.98 Å². The van der Waals surface area contributed by atoms with Crippen molar-refractivity contribution in [2.75, 3.05) is 26.7 Å². The number of likely N-dealkylation sites (tertiary alicyclic amines) is 1. The van der Waals surface area contributed by atoms with Gasteiger partial charge in [-0.05, 0) is 52.2 Å². The summed E-state index contributed by atoms with van der Waals surface area (Å²) in [5, 5.41) is 0. The first kappa shape index (κ1) is 26.5. The summed E-state index contributed by atoms with van der Waals surface area (Å²) in [5.74, 6) is -0.638. The summed E-state index contributed by atoms with van der Waals surface area (Å²) in [7, 11) is 1.34. The highest BCUT2D eigenvalue weighted by Gasteiger charge is 2.40. The highest BCUT2D eigenvalue weighted by atomic mass is 16.6. The molecule has 1 saturated heterocycles. The Morgan fingerprint density at radius 2 is 1.86 bits per heavy atom. The third kappa shape index (κ3) is 6.13. The molecule has 2 amide bonds. The van der Waals surface area contributed by atoms with E-state index < -0.39 is 23.6 Å². The maximum Gasteiger partial charge on any atom is 0.410 e. The van der Waals surface area contributed by atoms with Gasteiger partial charge >= 0.3 is 12.1 Å². The van der Waals surface area contributed by atoms with Crippen LogP contribution in [0.2, 0.25) is 0 Å². The molecule has 1 aliphatic heterocycles. The summed E-state index contributed by atoms with van der Waals surface area (Å²) in [6.45, 7) is 13.0. The number of para-hydroxylation sites is 2. The first-order valence-corrected chi connectivity index (χ1v) is 12.3. The van der Waals surface area contributed by atoms with Gasteiger partial charge in [0.05, 0.1) is 30.1 Å². The number of ether oxygens (including phenoxy) is 2. The van der Waals surface area contributed by atoms with Crippen molar-refractivity contribution in [2.45, 2.75) is 66.2 Å². The fourth-order valence-electron chi connectivity index (χ4n) is 4.59. The monoisotopic (exact) mass is 486 g/mol. The van der Waals surface area contributed by atoms with E-state index in [0.717, 1.165) is 11.0 Å². The molecule has 192 valence electrons. The molecular weight excluding hydrogens is 448 g/mol. The predicted molar refractivity (Wildman–Crippen MR) is 133 cm³/mol. The third-order valence-corrected chi connectivity index (χ3v) is 6.04. The van der Waals surface area contributed by atoms with Gasteiger partial charge in [0.25, 0.3) is 5.91 Å². The number of esters is 1. The van der Waals surface area contributed by atoms with Crippen molar-refractivity contribution in [3.05, 3.63) is 30.1 Å². The Labute approximate surface area is 207 Å². The minimum atomic E-state index is -0.676. The van der Waals surface area contributed by atoms with Crippen molar-refractivity contribution in [3.8, 4) is 0 Å². The first-order chi connectivity index (χ1) is 16.4. The number of imidazole rings is 1. The van der Waals surface area contributed by atoms with Gasteiger partial charge < -0.3 is 23.8 Å². The van der Waals surface area contributed by atoms with E-state index in [1.807, 2.05) is 49.6 Å². The second-order valence-corrected chi connectivity index (χ2v) is 10.5. The Balaban J connectivity index is 1.99. The number of carbonyl (C=O) groups is 3. The fourth-order valence-corrected chi connectivity index (χ4v) is 4.59. The number of amides is 2. The molecule has 1 fully saturated rings. The van der Waals surface area contributed by atoms with Crippen molar-refractivity contribution >= 4 is 29.0 Å². The quantitative estimate of drug-likeness (QED) is 0.574. The molecule has 0 N–H and O–H groups in total. The lowest BCUT2D eigenvalue weighted by Crippen LogP contribution is -2.57. The molecule has 3 rings (SSSR count). The Kier molecular flexibility index (Phi) is 8.07. The molecule has 9 heteroatoms. The van der Waals surface area contributed by atoms with Gasteiger partial charge in [0, 0.05) is 26.2 Å². The van der Waals surface area contributed by atoms with Crippen LogP contribution >= 0.6 is 0 Å². The molecule has 2 atom stereocenters. The van der Waals surface area contributed by atoms with Crippen LogP contribution in [0.25, 0.3) is 11.0 Å². The first-order valence-electron chi connectivity index (χ1n) is 12.3.